The molecule has 1 N–H and O–H groups in total. The summed E-state index contributed by atoms with van der Waals surface area (Å²) in [5.74, 6) is 0.106. The van der Waals surface area contributed by atoms with Gasteiger partial charge in [0, 0.05) is 15.7 Å². The number of hydrogen-bond donors (Lipinski definition) is 1. The van der Waals surface area contributed by atoms with Gasteiger partial charge in [0.15, 0.2) is 0 Å². The average Bonchev–Trinajstić information content (AvgIpc) is 2.61. The predicted octanol–water partition coefficient (Wildman–Crippen LogP) is 5.18. The predicted molar refractivity (Wildman–Crippen MR) is 108 cm³/mol. The van der Waals surface area contributed by atoms with Crippen LogP contribution in [0.15, 0.2) is 59.1 Å². The Kier molecular flexibility index (Phi) is 6.76. The third-order valence-electron chi connectivity index (χ3n) is 3.62. The zero-order valence-electron chi connectivity index (χ0n) is 14.7. The monoisotopic (exact) mass is 410 g/mol. The Hall–Kier alpha value is -2.84. The number of nitriles is 1. The number of nitrogens with zero attached hydrogens (tertiary/aromatic N) is 1. The Morgan fingerprint density at radius 3 is 2.73 bits per heavy atom. The van der Waals surface area contributed by atoms with Crippen molar-refractivity contribution in [3.63, 3.8) is 0 Å². The second-order valence-electron chi connectivity index (χ2n) is 5.72. The number of aryl methyl sites for hydroxylation is 2. The van der Waals surface area contributed by atoms with E-state index in [9.17, 15) is 10.1 Å². The van der Waals surface area contributed by atoms with E-state index in [1.54, 1.807) is 18.2 Å². The summed E-state index contributed by atoms with van der Waals surface area (Å²) in [6, 6.07) is 13.1. The molecule has 1 amide bonds. The van der Waals surface area contributed by atoms with Gasteiger partial charge in [-0.2, -0.15) is 5.26 Å². The highest BCUT2D eigenvalue weighted by Gasteiger charge is 2.13. The normalized spacial score (nSPS) is 10.8. The minimum Gasteiger partial charge on any atom is -0.489 e. The first-order valence-corrected chi connectivity index (χ1v) is 8.77. The van der Waals surface area contributed by atoms with Crippen LogP contribution < -0.4 is 10.1 Å². The van der Waals surface area contributed by atoms with E-state index < -0.39 is 5.91 Å². The summed E-state index contributed by atoms with van der Waals surface area (Å²) in [6.45, 7) is 7.85. The van der Waals surface area contributed by atoms with Gasteiger partial charge in [-0.25, -0.2) is 0 Å². The molecule has 0 fully saturated rings. The van der Waals surface area contributed by atoms with Gasteiger partial charge in [0.25, 0.3) is 5.91 Å². The second kappa shape index (κ2) is 9.02. The third-order valence-corrected chi connectivity index (χ3v) is 4.12. The van der Waals surface area contributed by atoms with Crippen molar-refractivity contribution < 1.29 is 9.53 Å². The number of anilines is 1. The molecule has 0 radical (unpaired) electrons. The van der Waals surface area contributed by atoms with Crippen molar-refractivity contribution >= 4 is 33.6 Å². The standard InChI is InChI=1S/C21H19BrN2O2/c1-4-9-26-20-8-6-18(22)12-16(20)11-17(13-23)21(25)24-19-7-5-14(2)10-15(19)3/h4-8,10-12H,1,9H2,2-3H3,(H,24,25)/b17-11+. The van der Waals surface area contributed by atoms with E-state index in [1.807, 2.05) is 44.2 Å². The van der Waals surface area contributed by atoms with E-state index in [4.69, 9.17) is 4.74 Å². The van der Waals surface area contributed by atoms with Crippen LogP contribution in [0.2, 0.25) is 0 Å². The molecule has 0 aromatic heterocycles. The Balaban J connectivity index is 2.32. The van der Waals surface area contributed by atoms with E-state index in [1.165, 1.54) is 6.08 Å². The number of hydrogen-bond acceptors (Lipinski definition) is 3. The first kappa shape index (κ1) is 19.5. The first-order valence-electron chi connectivity index (χ1n) is 7.98. The number of carbonyl (C=O) groups is 1. The maximum absolute atomic E-state index is 12.5. The molecule has 0 saturated carbocycles. The molecule has 0 heterocycles. The van der Waals surface area contributed by atoms with Crippen molar-refractivity contribution in [2.45, 2.75) is 13.8 Å². The summed E-state index contributed by atoms with van der Waals surface area (Å²) < 4.78 is 6.41. The summed E-state index contributed by atoms with van der Waals surface area (Å²) >= 11 is 3.40. The highest BCUT2D eigenvalue weighted by Crippen LogP contribution is 2.26. The lowest BCUT2D eigenvalue weighted by atomic mass is 10.1. The van der Waals surface area contributed by atoms with Crippen LogP contribution in [-0.2, 0) is 4.79 Å². The molecule has 0 aliphatic rings. The topological polar surface area (TPSA) is 62.1 Å². The maximum atomic E-state index is 12.5. The Labute approximate surface area is 161 Å². The number of carbonyl (C=O) groups excluding carboxylic acids is 1. The van der Waals surface area contributed by atoms with Crippen molar-refractivity contribution in [1.82, 2.24) is 0 Å². The molecule has 26 heavy (non-hydrogen) atoms. The largest absolute Gasteiger partial charge is 0.489 e. The van der Waals surface area contributed by atoms with Crippen LogP contribution in [0.1, 0.15) is 16.7 Å². The van der Waals surface area contributed by atoms with Crippen molar-refractivity contribution in [3.05, 3.63) is 75.8 Å². The molecule has 2 aromatic carbocycles. The average molecular weight is 411 g/mol. The molecule has 0 aliphatic heterocycles. The lowest BCUT2D eigenvalue weighted by Gasteiger charge is -2.10. The van der Waals surface area contributed by atoms with E-state index in [0.29, 0.717) is 23.6 Å². The molecule has 2 aromatic rings. The van der Waals surface area contributed by atoms with E-state index >= 15 is 0 Å². The minimum absolute atomic E-state index is 0.00784. The number of nitrogens with one attached hydrogen (secondary N) is 1. The Morgan fingerprint density at radius 2 is 2.08 bits per heavy atom. The molecular formula is C21H19BrN2O2. The first-order chi connectivity index (χ1) is 12.4. The summed E-state index contributed by atoms with van der Waals surface area (Å²) in [5.41, 5.74) is 3.35. The van der Waals surface area contributed by atoms with Gasteiger partial charge in [-0.05, 0) is 49.8 Å². The smallest absolute Gasteiger partial charge is 0.266 e. The summed E-state index contributed by atoms with van der Waals surface area (Å²) in [4.78, 5) is 12.5. The molecule has 4 nitrogen and oxygen atoms in total. The van der Waals surface area contributed by atoms with Crippen molar-refractivity contribution in [3.8, 4) is 11.8 Å². The number of benzene rings is 2. The lowest BCUT2D eigenvalue weighted by molar-refractivity contribution is -0.112. The van der Waals surface area contributed by atoms with Crippen LogP contribution in [0.25, 0.3) is 6.08 Å². The highest BCUT2D eigenvalue weighted by molar-refractivity contribution is 9.10. The van der Waals surface area contributed by atoms with Gasteiger partial charge in [0.1, 0.15) is 24.0 Å². The van der Waals surface area contributed by atoms with Crippen LogP contribution in [0.4, 0.5) is 5.69 Å². The lowest BCUT2D eigenvalue weighted by Crippen LogP contribution is -2.14. The molecule has 2 rings (SSSR count). The minimum atomic E-state index is -0.464. The maximum Gasteiger partial charge on any atom is 0.266 e. The molecule has 132 valence electrons. The number of rotatable bonds is 6. The second-order valence-corrected chi connectivity index (χ2v) is 6.64. The molecule has 0 bridgehead atoms. The third kappa shape index (κ3) is 5.08. The van der Waals surface area contributed by atoms with Crippen LogP contribution in [0.5, 0.6) is 5.75 Å². The van der Waals surface area contributed by atoms with Gasteiger partial charge < -0.3 is 10.1 Å². The number of amides is 1. The molecule has 0 unspecified atom stereocenters. The van der Waals surface area contributed by atoms with Crippen LogP contribution >= 0.6 is 15.9 Å². The van der Waals surface area contributed by atoms with E-state index in [-0.39, 0.29) is 5.57 Å². The van der Waals surface area contributed by atoms with Crippen LogP contribution in [0, 0.1) is 25.2 Å². The molecule has 0 spiro atoms. The zero-order chi connectivity index (χ0) is 19.1. The molecule has 0 aliphatic carbocycles. The van der Waals surface area contributed by atoms with Gasteiger partial charge in [-0.15, -0.1) is 0 Å². The quantitative estimate of drug-likeness (QED) is 0.405. The fourth-order valence-corrected chi connectivity index (χ4v) is 2.74. The molecule has 5 heteroatoms. The van der Waals surface area contributed by atoms with Gasteiger partial charge in [0.2, 0.25) is 0 Å². The molecular weight excluding hydrogens is 392 g/mol. The molecule has 0 atom stereocenters. The summed E-state index contributed by atoms with van der Waals surface area (Å²) in [5, 5.41) is 12.2. The summed E-state index contributed by atoms with van der Waals surface area (Å²) in [6.07, 6.45) is 3.15. The van der Waals surface area contributed by atoms with Crippen molar-refractivity contribution in [1.29, 1.82) is 5.26 Å². The van der Waals surface area contributed by atoms with Crippen LogP contribution in [0.3, 0.4) is 0 Å². The molecule has 0 saturated heterocycles. The number of ether oxygens (including phenoxy) is 1. The SMILES string of the molecule is C=CCOc1ccc(Br)cc1/C=C(\C#N)C(=O)Nc1ccc(C)cc1C. The van der Waals surface area contributed by atoms with E-state index in [0.717, 1.165) is 15.6 Å². The van der Waals surface area contributed by atoms with Crippen LogP contribution in [-0.4, -0.2) is 12.5 Å². The highest BCUT2D eigenvalue weighted by atomic mass is 79.9. The van der Waals surface area contributed by atoms with Gasteiger partial charge in [0.05, 0.1) is 0 Å². The Morgan fingerprint density at radius 1 is 1.31 bits per heavy atom. The Bertz CT molecular complexity index is 911. The zero-order valence-corrected chi connectivity index (χ0v) is 16.3. The van der Waals surface area contributed by atoms with Crippen molar-refractivity contribution in [2.24, 2.45) is 0 Å². The van der Waals surface area contributed by atoms with Gasteiger partial charge in [-0.3, -0.25) is 4.79 Å². The fourth-order valence-electron chi connectivity index (χ4n) is 2.36. The fraction of sp³-hybridized carbons (Fsp3) is 0.143. The van der Waals surface area contributed by atoms with E-state index in [2.05, 4.69) is 27.8 Å². The van der Waals surface area contributed by atoms with Gasteiger partial charge in [-0.1, -0.05) is 46.3 Å². The van der Waals surface area contributed by atoms with Crippen molar-refractivity contribution in [2.75, 3.05) is 11.9 Å². The number of halogens is 1. The summed E-state index contributed by atoms with van der Waals surface area (Å²) in [7, 11) is 0. The van der Waals surface area contributed by atoms with Gasteiger partial charge >= 0.3 is 0 Å².